The van der Waals surface area contributed by atoms with Crippen molar-refractivity contribution in [3.63, 3.8) is 0 Å². The first-order valence-corrected chi connectivity index (χ1v) is 11.1. The van der Waals surface area contributed by atoms with E-state index in [0.717, 1.165) is 31.2 Å². The Balaban J connectivity index is 2.24. The summed E-state index contributed by atoms with van der Waals surface area (Å²) in [6, 6.07) is 6.31. The normalized spacial score (nSPS) is 17.5. The van der Waals surface area contributed by atoms with Crippen molar-refractivity contribution in [3.05, 3.63) is 41.1 Å². The lowest BCUT2D eigenvalue weighted by Gasteiger charge is -2.33. The van der Waals surface area contributed by atoms with Gasteiger partial charge in [-0.3, -0.25) is 4.79 Å². The number of carbonyl (C=O) groups is 3. The molecule has 2 rings (SSSR count). The standard InChI is InChI=1S/C24H35N3O4/c1-7-9-10-17(8-2)22(28)25-19-13-11-18(12-14-19)21-20(23(29)31-15(3)4)16(5)27(6)24(30)26-21/h11-15,17,21H,7-10H2,1-6H3,(H,25,28)(H,26,30)/t17-,21+/m0/s1. The highest BCUT2D eigenvalue weighted by Crippen LogP contribution is 2.31. The van der Waals surface area contributed by atoms with Gasteiger partial charge in [0.25, 0.3) is 0 Å². The maximum atomic E-state index is 12.7. The van der Waals surface area contributed by atoms with Gasteiger partial charge in [-0.15, -0.1) is 0 Å². The number of rotatable bonds is 9. The molecule has 2 N–H and O–H groups in total. The van der Waals surface area contributed by atoms with Crippen LogP contribution in [-0.2, 0) is 14.3 Å². The predicted octanol–water partition coefficient (Wildman–Crippen LogP) is 4.76. The van der Waals surface area contributed by atoms with E-state index in [4.69, 9.17) is 4.74 Å². The van der Waals surface area contributed by atoms with Crippen molar-refractivity contribution in [3.8, 4) is 0 Å². The molecule has 1 heterocycles. The van der Waals surface area contributed by atoms with Gasteiger partial charge in [-0.05, 0) is 51.3 Å². The van der Waals surface area contributed by atoms with Gasteiger partial charge in [-0.2, -0.15) is 0 Å². The molecular formula is C24H35N3O4. The first-order valence-electron chi connectivity index (χ1n) is 11.1. The number of ether oxygens (including phenoxy) is 1. The largest absolute Gasteiger partial charge is 0.459 e. The minimum absolute atomic E-state index is 0.00390. The van der Waals surface area contributed by atoms with E-state index in [1.54, 1.807) is 40.0 Å². The summed E-state index contributed by atoms with van der Waals surface area (Å²) in [5, 5.41) is 5.85. The van der Waals surface area contributed by atoms with E-state index in [9.17, 15) is 14.4 Å². The third-order valence-corrected chi connectivity index (χ3v) is 5.60. The quantitative estimate of drug-likeness (QED) is 0.554. The molecule has 7 nitrogen and oxygen atoms in total. The van der Waals surface area contributed by atoms with Crippen molar-refractivity contribution in [2.45, 2.75) is 72.4 Å². The summed E-state index contributed by atoms with van der Waals surface area (Å²) in [6.07, 6.45) is 3.51. The molecule has 3 amide bonds. The summed E-state index contributed by atoms with van der Waals surface area (Å²) >= 11 is 0. The molecule has 1 aromatic rings. The number of benzene rings is 1. The van der Waals surface area contributed by atoms with Gasteiger partial charge in [0.2, 0.25) is 5.91 Å². The highest BCUT2D eigenvalue weighted by atomic mass is 16.5. The van der Waals surface area contributed by atoms with E-state index in [0.29, 0.717) is 17.0 Å². The van der Waals surface area contributed by atoms with Crippen molar-refractivity contribution in [2.75, 3.05) is 12.4 Å². The van der Waals surface area contributed by atoms with Crippen LogP contribution < -0.4 is 10.6 Å². The van der Waals surface area contributed by atoms with Gasteiger partial charge < -0.3 is 20.3 Å². The van der Waals surface area contributed by atoms with Crippen LogP contribution in [0.5, 0.6) is 0 Å². The van der Waals surface area contributed by atoms with Crippen LogP contribution in [0.15, 0.2) is 35.5 Å². The van der Waals surface area contributed by atoms with Gasteiger partial charge in [0.15, 0.2) is 0 Å². The van der Waals surface area contributed by atoms with Crippen LogP contribution in [0, 0.1) is 5.92 Å². The minimum atomic E-state index is -0.618. The summed E-state index contributed by atoms with van der Waals surface area (Å²) in [7, 11) is 1.62. The summed E-state index contributed by atoms with van der Waals surface area (Å²) in [5.41, 5.74) is 2.39. The van der Waals surface area contributed by atoms with Crippen molar-refractivity contribution in [1.29, 1.82) is 0 Å². The average Bonchev–Trinajstić information content (AvgIpc) is 2.72. The van der Waals surface area contributed by atoms with Gasteiger partial charge in [0, 0.05) is 24.4 Å². The summed E-state index contributed by atoms with van der Waals surface area (Å²) < 4.78 is 5.41. The monoisotopic (exact) mass is 429 g/mol. The third-order valence-electron chi connectivity index (χ3n) is 5.60. The summed E-state index contributed by atoms with van der Waals surface area (Å²) in [4.78, 5) is 39.1. The molecule has 0 aliphatic carbocycles. The molecule has 0 unspecified atom stereocenters. The minimum Gasteiger partial charge on any atom is -0.459 e. The van der Waals surface area contributed by atoms with Crippen LogP contribution in [0.25, 0.3) is 0 Å². The Morgan fingerprint density at radius 3 is 2.39 bits per heavy atom. The molecule has 0 radical (unpaired) electrons. The van der Waals surface area contributed by atoms with Gasteiger partial charge in [0.05, 0.1) is 17.7 Å². The van der Waals surface area contributed by atoms with Crippen molar-refractivity contribution in [1.82, 2.24) is 10.2 Å². The predicted molar refractivity (Wildman–Crippen MR) is 121 cm³/mol. The fraction of sp³-hybridized carbons (Fsp3) is 0.542. The van der Waals surface area contributed by atoms with Crippen LogP contribution >= 0.6 is 0 Å². The van der Waals surface area contributed by atoms with Gasteiger partial charge in [-0.25, -0.2) is 9.59 Å². The summed E-state index contributed by atoms with van der Waals surface area (Å²) in [6.45, 7) is 9.45. The number of allylic oxidation sites excluding steroid dienone is 1. The Bertz CT molecular complexity index is 830. The molecular weight excluding hydrogens is 394 g/mol. The number of urea groups is 1. The maximum absolute atomic E-state index is 12.7. The maximum Gasteiger partial charge on any atom is 0.338 e. The van der Waals surface area contributed by atoms with Gasteiger partial charge in [0.1, 0.15) is 0 Å². The number of carbonyl (C=O) groups excluding carboxylic acids is 3. The smallest absolute Gasteiger partial charge is 0.338 e. The molecule has 0 bridgehead atoms. The molecule has 0 saturated carbocycles. The fourth-order valence-corrected chi connectivity index (χ4v) is 3.60. The highest BCUT2D eigenvalue weighted by Gasteiger charge is 2.35. The molecule has 1 aliphatic rings. The number of hydrogen-bond acceptors (Lipinski definition) is 4. The van der Waals surface area contributed by atoms with Crippen LogP contribution in [0.2, 0.25) is 0 Å². The molecule has 7 heteroatoms. The van der Waals surface area contributed by atoms with E-state index in [1.807, 2.05) is 19.1 Å². The lowest BCUT2D eigenvalue weighted by atomic mass is 9.94. The molecule has 1 aliphatic heterocycles. The van der Waals surface area contributed by atoms with E-state index >= 15 is 0 Å². The molecule has 0 aromatic heterocycles. The van der Waals surface area contributed by atoms with E-state index < -0.39 is 12.0 Å². The zero-order valence-electron chi connectivity index (χ0n) is 19.5. The van der Waals surface area contributed by atoms with Crippen molar-refractivity contribution < 1.29 is 19.1 Å². The molecule has 0 saturated heterocycles. The van der Waals surface area contributed by atoms with Gasteiger partial charge >= 0.3 is 12.0 Å². The summed E-state index contributed by atoms with van der Waals surface area (Å²) in [5.74, 6) is -0.438. The van der Waals surface area contributed by atoms with Gasteiger partial charge in [-0.1, -0.05) is 38.8 Å². The first kappa shape index (κ1) is 24.4. The number of nitrogens with one attached hydrogen (secondary N) is 2. The second kappa shape index (κ2) is 11.0. The number of esters is 1. The fourth-order valence-electron chi connectivity index (χ4n) is 3.60. The Hall–Kier alpha value is -2.83. The molecule has 170 valence electrons. The Kier molecular flexibility index (Phi) is 8.65. The van der Waals surface area contributed by atoms with E-state index in [1.165, 1.54) is 4.90 Å². The van der Waals surface area contributed by atoms with Crippen molar-refractivity contribution >= 4 is 23.6 Å². The zero-order valence-corrected chi connectivity index (χ0v) is 19.5. The van der Waals surface area contributed by atoms with E-state index in [-0.39, 0.29) is 24.0 Å². The molecule has 2 atom stereocenters. The SMILES string of the molecule is CCCC[C@H](CC)C(=O)Nc1ccc([C@H]2NC(=O)N(C)C(C)=C2C(=O)OC(C)C)cc1. The van der Waals surface area contributed by atoms with E-state index in [2.05, 4.69) is 17.6 Å². The number of unbranched alkanes of at least 4 members (excludes halogenated alkanes) is 1. The average molecular weight is 430 g/mol. The number of anilines is 1. The first-order chi connectivity index (χ1) is 14.7. The molecule has 0 fully saturated rings. The van der Waals surface area contributed by atoms with Crippen LogP contribution in [0.1, 0.15) is 71.9 Å². The molecule has 1 aromatic carbocycles. The number of hydrogen-bond donors (Lipinski definition) is 2. The van der Waals surface area contributed by atoms with Crippen LogP contribution in [0.3, 0.4) is 0 Å². The topological polar surface area (TPSA) is 87.7 Å². The second-order valence-corrected chi connectivity index (χ2v) is 8.25. The van der Waals surface area contributed by atoms with Crippen molar-refractivity contribution in [2.24, 2.45) is 5.92 Å². The van der Waals surface area contributed by atoms with Crippen LogP contribution in [0.4, 0.5) is 10.5 Å². The third kappa shape index (κ3) is 6.09. The number of amides is 3. The Morgan fingerprint density at radius 1 is 1.19 bits per heavy atom. The number of nitrogens with zero attached hydrogens (tertiary/aromatic N) is 1. The molecule has 0 spiro atoms. The lowest BCUT2D eigenvalue weighted by Crippen LogP contribution is -2.46. The molecule has 31 heavy (non-hydrogen) atoms. The Labute approximate surface area is 185 Å². The highest BCUT2D eigenvalue weighted by molar-refractivity contribution is 5.95. The van der Waals surface area contributed by atoms with Crippen LogP contribution in [-0.4, -0.2) is 36.0 Å². The Morgan fingerprint density at radius 2 is 1.84 bits per heavy atom. The zero-order chi connectivity index (χ0) is 23.1. The second-order valence-electron chi connectivity index (χ2n) is 8.25. The lowest BCUT2D eigenvalue weighted by molar-refractivity contribution is -0.143.